The third kappa shape index (κ3) is 4.31. The van der Waals surface area contributed by atoms with Crippen LogP contribution in [0.25, 0.3) is 0 Å². The van der Waals surface area contributed by atoms with Crippen molar-refractivity contribution in [1.29, 1.82) is 0 Å². The molecule has 2 aromatic rings. The fourth-order valence-corrected chi connectivity index (χ4v) is 2.33. The molecule has 24 heavy (non-hydrogen) atoms. The molecule has 0 saturated heterocycles. The smallest absolute Gasteiger partial charge is 0.313 e. The van der Waals surface area contributed by atoms with Gasteiger partial charge in [0.1, 0.15) is 18.1 Å². The summed E-state index contributed by atoms with van der Waals surface area (Å²) in [4.78, 5) is 22.4. The number of carbonyl (C=O) groups is 1. The summed E-state index contributed by atoms with van der Waals surface area (Å²) in [6.45, 7) is 2.40. The van der Waals surface area contributed by atoms with E-state index in [0.29, 0.717) is 25.3 Å². The standard InChI is InChI=1S/C16H19N3O5/c1-3-24-16(20)15(12-4-6-14(23-2)7-5-12)8-9-18-11-13(10-17-18)19(21)22/h4-7,10-11,15H,3,8-9H2,1-2H3. The number of aryl methyl sites for hydroxylation is 1. The van der Waals surface area contributed by atoms with Gasteiger partial charge in [-0.05, 0) is 31.0 Å². The van der Waals surface area contributed by atoms with Crippen LogP contribution in [0, 0.1) is 10.1 Å². The van der Waals surface area contributed by atoms with E-state index >= 15 is 0 Å². The Kier molecular flexibility index (Phi) is 5.89. The second kappa shape index (κ2) is 8.09. The Hall–Kier alpha value is -2.90. The van der Waals surface area contributed by atoms with Crippen LogP contribution in [0.2, 0.25) is 0 Å². The van der Waals surface area contributed by atoms with Crippen molar-refractivity contribution in [2.45, 2.75) is 25.8 Å². The van der Waals surface area contributed by atoms with Gasteiger partial charge in [-0.3, -0.25) is 19.6 Å². The predicted molar refractivity (Wildman–Crippen MR) is 85.9 cm³/mol. The molecular formula is C16H19N3O5. The van der Waals surface area contributed by atoms with Gasteiger partial charge in [0.15, 0.2) is 0 Å². The minimum Gasteiger partial charge on any atom is -0.497 e. The number of benzene rings is 1. The fourth-order valence-electron chi connectivity index (χ4n) is 2.33. The molecule has 0 bridgehead atoms. The molecule has 8 nitrogen and oxygen atoms in total. The van der Waals surface area contributed by atoms with Gasteiger partial charge >= 0.3 is 11.7 Å². The van der Waals surface area contributed by atoms with E-state index in [1.54, 1.807) is 26.2 Å². The number of hydrogen-bond acceptors (Lipinski definition) is 6. The minimum atomic E-state index is -0.504. The van der Waals surface area contributed by atoms with E-state index in [1.165, 1.54) is 17.1 Å². The van der Waals surface area contributed by atoms with E-state index in [4.69, 9.17) is 9.47 Å². The SMILES string of the molecule is CCOC(=O)C(CCn1cc([N+](=O)[O-])cn1)c1ccc(OC)cc1. The van der Waals surface area contributed by atoms with E-state index in [-0.39, 0.29) is 11.7 Å². The first kappa shape index (κ1) is 17.5. The Morgan fingerprint density at radius 1 is 1.38 bits per heavy atom. The van der Waals surface area contributed by atoms with Crippen LogP contribution in [0.5, 0.6) is 5.75 Å². The average molecular weight is 333 g/mol. The third-order valence-electron chi connectivity index (χ3n) is 3.57. The summed E-state index contributed by atoms with van der Waals surface area (Å²) >= 11 is 0. The zero-order valence-corrected chi connectivity index (χ0v) is 13.5. The van der Waals surface area contributed by atoms with Crippen LogP contribution in [-0.2, 0) is 16.1 Å². The Morgan fingerprint density at radius 3 is 2.62 bits per heavy atom. The van der Waals surface area contributed by atoms with Crippen molar-refractivity contribution in [2.75, 3.05) is 13.7 Å². The van der Waals surface area contributed by atoms with Gasteiger partial charge in [-0.2, -0.15) is 5.10 Å². The molecule has 0 amide bonds. The number of esters is 1. The maximum atomic E-state index is 12.2. The highest BCUT2D eigenvalue weighted by molar-refractivity contribution is 5.78. The summed E-state index contributed by atoms with van der Waals surface area (Å²) < 4.78 is 11.7. The Morgan fingerprint density at radius 2 is 2.08 bits per heavy atom. The maximum absolute atomic E-state index is 12.2. The summed E-state index contributed by atoms with van der Waals surface area (Å²) in [7, 11) is 1.57. The number of methoxy groups -OCH3 is 1. The molecule has 0 aliphatic carbocycles. The molecule has 0 N–H and O–H groups in total. The van der Waals surface area contributed by atoms with Gasteiger partial charge in [0, 0.05) is 6.54 Å². The van der Waals surface area contributed by atoms with Gasteiger partial charge in [0.05, 0.1) is 24.6 Å². The van der Waals surface area contributed by atoms with Crippen molar-refractivity contribution in [3.05, 3.63) is 52.3 Å². The Labute approximate surface area is 139 Å². The summed E-state index contributed by atoms with van der Waals surface area (Å²) in [5.74, 6) is -0.104. The van der Waals surface area contributed by atoms with Crippen LogP contribution < -0.4 is 4.74 Å². The number of aromatic nitrogens is 2. The van der Waals surface area contributed by atoms with Crippen LogP contribution >= 0.6 is 0 Å². The normalized spacial score (nSPS) is 11.8. The molecule has 0 aliphatic heterocycles. The first-order valence-corrected chi connectivity index (χ1v) is 7.52. The molecule has 1 heterocycles. The molecule has 1 aromatic carbocycles. The van der Waals surface area contributed by atoms with Crippen molar-refractivity contribution in [3.63, 3.8) is 0 Å². The highest BCUT2D eigenvalue weighted by Crippen LogP contribution is 2.25. The number of nitrogens with zero attached hydrogens (tertiary/aromatic N) is 3. The second-order valence-electron chi connectivity index (χ2n) is 5.09. The first-order valence-electron chi connectivity index (χ1n) is 7.52. The lowest BCUT2D eigenvalue weighted by atomic mass is 9.95. The number of carbonyl (C=O) groups excluding carboxylic acids is 1. The average Bonchev–Trinajstić information content (AvgIpc) is 3.05. The molecule has 1 aromatic heterocycles. The second-order valence-corrected chi connectivity index (χ2v) is 5.09. The minimum absolute atomic E-state index is 0.0767. The highest BCUT2D eigenvalue weighted by atomic mass is 16.6. The van der Waals surface area contributed by atoms with Gasteiger partial charge in [-0.1, -0.05) is 12.1 Å². The van der Waals surface area contributed by atoms with Crippen LogP contribution in [0.4, 0.5) is 5.69 Å². The summed E-state index contributed by atoms with van der Waals surface area (Å²) in [6, 6.07) is 7.18. The van der Waals surface area contributed by atoms with Crippen molar-refractivity contribution >= 4 is 11.7 Å². The Bertz CT molecular complexity index is 696. The molecule has 1 atom stereocenters. The van der Waals surface area contributed by atoms with Crippen molar-refractivity contribution in [3.8, 4) is 5.75 Å². The quantitative estimate of drug-likeness (QED) is 0.418. The number of hydrogen-bond donors (Lipinski definition) is 0. The number of ether oxygens (including phenoxy) is 2. The molecule has 0 spiro atoms. The van der Waals surface area contributed by atoms with Gasteiger partial charge < -0.3 is 9.47 Å². The number of rotatable bonds is 8. The molecule has 2 rings (SSSR count). The molecule has 0 fully saturated rings. The van der Waals surface area contributed by atoms with E-state index < -0.39 is 10.8 Å². The highest BCUT2D eigenvalue weighted by Gasteiger charge is 2.22. The van der Waals surface area contributed by atoms with E-state index in [0.717, 1.165) is 5.56 Å². The van der Waals surface area contributed by atoms with E-state index in [9.17, 15) is 14.9 Å². The first-order chi connectivity index (χ1) is 11.5. The molecular weight excluding hydrogens is 314 g/mol. The van der Waals surface area contributed by atoms with Gasteiger partial charge in [0.2, 0.25) is 0 Å². The maximum Gasteiger partial charge on any atom is 0.313 e. The van der Waals surface area contributed by atoms with Crippen molar-refractivity contribution in [2.24, 2.45) is 0 Å². The summed E-state index contributed by atoms with van der Waals surface area (Å²) in [5, 5.41) is 14.6. The lowest BCUT2D eigenvalue weighted by molar-refractivity contribution is -0.385. The molecule has 0 aliphatic rings. The van der Waals surface area contributed by atoms with Crippen LogP contribution in [0.15, 0.2) is 36.7 Å². The number of nitro groups is 1. The molecule has 8 heteroatoms. The lowest BCUT2D eigenvalue weighted by Gasteiger charge is -2.16. The predicted octanol–water partition coefficient (Wildman–Crippen LogP) is 2.54. The Balaban J connectivity index is 2.12. The zero-order valence-electron chi connectivity index (χ0n) is 13.5. The summed E-state index contributed by atoms with van der Waals surface area (Å²) in [5.41, 5.74) is 0.725. The molecule has 0 radical (unpaired) electrons. The molecule has 1 unspecified atom stereocenters. The summed E-state index contributed by atoms with van der Waals surface area (Å²) in [6.07, 6.45) is 2.95. The van der Waals surface area contributed by atoms with Crippen LogP contribution in [0.1, 0.15) is 24.8 Å². The topological polar surface area (TPSA) is 96.5 Å². The lowest BCUT2D eigenvalue weighted by Crippen LogP contribution is -2.18. The monoisotopic (exact) mass is 333 g/mol. The van der Waals surface area contributed by atoms with Crippen molar-refractivity contribution < 1.29 is 19.2 Å². The van der Waals surface area contributed by atoms with Gasteiger partial charge in [-0.25, -0.2) is 0 Å². The third-order valence-corrected chi connectivity index (χ3v) is 3.57. The molecule has 0 saturated carbocycles. The van der Waals surface area contributed by atoms with Crippen LogP contribution in [0.3, 0.4) is 0 Å². The fraction of sp³-hybridized carbons (Fsp3) is 0.375. The van der Waals surface area contributed by atoms with Gasteiger partial charge in [0.25, 0.3) is 0 Å². The van der Waals surface area contributed by atoms with E-state index in [1.807, 2.05) is 12.1 Å². The van der Waals surface area contributed by atoms with Crippen LogP contribution in [-0.4, -0.2) is 34.4 Å². The largest absolute Gasteiger partial charge is 0.497 e. The zero-order chi connectivity index (χ0) is 17.5. The van der Waals surface area contributed by atoms with Crippen molar-refractivity contribution in [1.82, 2.24) is 9.78 Å². The van der Waals surface area contributed by atoms with Gasteiger partial charge in [-0.15, -0.1) is 0 Å². The molecule has 128 valence electrons. The van der Waals surface area contributed by atoms with E-state index in [2.05, 4.69) is 5.10 Å².